The Labute approximate surface area is 178 Å². The second-order valence-corrected chi connectivity index (χ2v) is 7.41. The molecule has 0 bridgehead atoms. The highest BCUT2D eigenvalue weighted by molar-refractivity contribution is 6.48. The van der Waals surface area contributed by atoms with E-state index in [4.69, 9.17) is 16.3 Å². The van der Waals surface area contributed by atoms with Crippen LogP contribution >= 0.6 is 11.6 Å². The number of ketones is 1. The van der Waals surface area contributed by atoms with E-state index in [0.717, 1.165) is 5.52 Å². The molecule has 154 valence electrons. The molecule has 0 radical (unpaired) electrons. The number of fused-ring (bicyclic) bond motifs is 1. The van der Waals surface area contributed by atoms with Gasteiger partial charge in [-0.3, -0.25) is 14.4 Å². The van der Waals surface area contributed by atoms with Gasteiger partial charge in [-0.1, -0.05) is 35.9 Å². The van der Waals surface area contributed by atoms with Crippen molar-refractivity contribution < 1.29 is 19.1 Å². The van der Waals surface area contributed by atoms with Gasteiger partial charge in [0.25, 0.3) is 11.7 Å². The standard InChI is InChI=1S/C22H20ClN3O4/c23-15-4-3-5-16(12-15)24-22(29)21(28)18-13-26(19-7-2-1-6-17(18)19)14-20(27)25-8-10-30-11-9-25/h1-7,12-13H,8-11,14H2,(H,24,29). The molecule has 1 N–H and O–H groups in total. The highest BCUT2D eigenvalue weighted by Crippen LogP contribution is 2.23. The van der Waals surface area contributed by atoms with Gasteiger partial charge in [-0.2, -0.15) is 0 Å². The van der Waals surface area contributed by atoms with Crippen LogP contribution in [0.4, 0.5) is 5.69 Å². The van der Waals surface area contributed by atoms with E-state index in [1.807, 2.05) is 12.1 Å². The zero-order valence-corrected chi connectivity index (χ0v) is 16.9. The van der Waals surface area contributed by atoms with Gasteiger partial charge in [-0.05, 0) is 24.3 Å². The fourth-order valence-corrected chi connectivity index (χ4v) is 3.68. The maximum Gasteiger partial charge on any atom is 0.296 e. The van der Waals surface area contributed by atoms with Crippen molar-refractivity contribution in [2.75, 3.05) is 31.6 Å². The average Bonchev–Trinajstić information content (AvgIpc) is 3.12. The first kappa shape index (κ1) is 20.1. The molecule has 1 fully saturated rings. The molecule has 0 unspecified atom stereocenters. The smallest absolute Gasteiger partial charge is 0.296 e. The van der Waals surface area contributed by atoms with E-state index in [-0.39, 0.29) is 18.0 Å². The van der Waals surface area contributed by atoms with E-state index in [2.05, 4.69) is 5.32 Å². The Morgan fingerprint density at radius 2 is 1.80 bits per heavy atom. The highest BCUT2D eigenvalue weighted by atomic mass is 35.5. The number of halogens is 1. The Balaban J connectivity index is 1.58. The monoisotopic (exact) mass is 425 g/mol. The number of hydrogen-bond acceptors (Lipinski definition) is 4. The Morgan fingerprint density at radius 1 is 1.03 bits per heavy atom. The van der Waals surface area contributed by atoms with Gasteiger partial charge in [0, 0.05) is 40.9 Å². The minimum atomic E-state index is -0.764. The fraction of sp³-hybridized carbons (Fsp3) is 0.227. The van der Waals surface area contributed by atoms with Crippen LogP contribution in [0.3, 0.4) is 0 Å². The summed E-state index contributed by atoms with van der Waals surface area (Å²) < 4.78 is 7.01. The molecule has 1 saturated heterocycles. The molecule has 2 aromatic carbocycles. The first-order valence-corrected chi connectivity index (χ1v) is 9.95. The van der Waals surface area contributed by atoms with Crippen molar-refractivity contribution in [3.8, 4) is 0 Å². The van der Waals surface area contributed by atoms with Gasteiger partial charge in [-0.25, -0.2) is 0 Å². The van der Waals surface area contributed by atoms with Gasteiger partial charge in [0.1, 0.15) is 6.54 Å². The molecule has 4 rings (SSSR count). The Bertz CT molecular complexity index is 1120. The normalized spacial score (nSPS) is 14.0. The van der Waals surface area contributed by atoms with Crippen LogP contribution in [0.25, 0.3) is 10.9 Å². The zero-order valence-electron chi connectivity index (χ0n) is 16.1. The van der Waals surface area contributed by atoms with E-state index in [1.165, 1.54) is 0 Å². The third-order valence-electron chi connectivity index (χ3n) is 4.99. The molecule has 30 heavy (non-hydrogen) atoms. The molecule has 1 aliphatic rings. The quantitative estimate of drug-likeness (QED) is 0.503. The van der Waals surface area contributed by atoms with Crippen LogP contribution < -0.4 is 5.32 Å². The Morgan fingerprint density at radius 3 is 2.57 bits per heavy atom. The van der Waals surface area contributed by atoms with Gasteiger partial charge in [0.05, 0.1) is 18.8 Å². The predicted octanol–water partition coefficient (Wildman–Crippen LogP) is 2.97. The van der Waals surface area contributed by atoms with E-state index < -0.39 is 11.7 Å². The maximum absolute atomic E-state index is 12.9. The van der Waals surface area contributed by atoms with Crippen molar-refractivity contribution in [2.45, 2.75) is 6.54 Å². The highest BCUT2D eigenvalue weighted by Gasteiger charge is 2.24. The van der Waals surface area contributed by atoms with Gasteiger partial charge < -0.3 is 19.5 Å². The Hall–Kier alpha value is -3.16. The molecule has 3 aromatic rings. The molecular weight excluding hydrogens is 406 g/mol. The zero-order chi connectivity index (χ0) is 21.1. The summed E-state index contributed by atoms with van der Waals surface area (Å²) in [4.78, 5) is 39.8. The number of rotatable bonds is 5. The molecule has 1 aromatic heterocycles. The van der Waals surface area contributed by atoms with Crippen molar-refractivity contribution in [3.05, 3.63) is 65.3 Å². The van der Waals surface area contributed by atoms with Gasteiger partial charge in [0.15, 0.2) is 0 Å². The molecule has 7 nitrogen and oxygen atoms in total. The number of ether oxygens (including phenoxy) is 1. The number of hydrogen-bond donors (Lipinski definition) is 1. The first-order chi connectivity index (χ1) is 14.5. The summed E-state index contributed by atoms with van der Waals surface area (Å²) in [5, 5.41) is 3.66. The molecule has 0 saturated carbocycles. The van der Waals surface area contributed by atoms with Crippen LogP contribution in [0.1, 0.15) is 10.4 Å². The summed E-state index contributed by atoms with van der Waals surface area (Å²) in [6.07, 6.45) is 1.57. The average molecular weight is 426 g/mol. The molecule has 2 heterocycles. The minimum Gasteiger partial charge on any atom is -0.378 e. The molecular formula is C22H20ClN3O4. The van der Waals surface area contributed by atoms with E-state index in [9.17, 15) is 14.4 Å². The number of benzene rings is 2. The number of nitrogens with one attached hydrogen (secondary N) is 1. The summed E-state index contributed by atoms with van der Waals surface area (Å²) >= 11 is 5.94. The van der Waals surface area contributed by atoms with Gasteiger partial charge >= 0.3 is 0 Å². The van der Waals surface area contributed by atoms with Crippen LogP contribution in [0, 0.1) is 0 Å². The number of amides is 2. The lowest BCUT2D eigenvalue weighted by Crippen LogP contribution is -2.42. The first-order valence-electron chi connectivity index (χ1n) is 9.57. The molecule has 0 spiro atoms. The minimum absolute atomic E-state index is 0.0542. The fourth-order valence-electron chi connectivity index (χ4n) is 3.49. The number of carbonyl (C=O) groups is 3. The molecule has 0 aliphatic carbocycles. The largest absolute Gasteiger partial charge is 0.378 e. The van der Waals surface area contributed by atoms with E-state index >= 15 is 0 Å². The lowest BCUT2D eigenvalue weighted by Gasteiger charge is -2.27. The molecule has 2 amide bonds. The Kier molecular flexibility index (Phi) is 5.83. The summed E-state index contributed by atoms with van der Waals surface area (Å²) in [5.74, 6) is -1.50. The lowest BCUT2D eigenvalue weighted by molar-refractivity contribution is -0.135. The van der Waals surface area contributed by atoms with Crippen molar-refractivity contribution in [3.63, 3.8) is 0 Å². The summed E-state index contributed by atoms with van der Waals surface area (Å²) in [6, 6.07) is 13.8. The number of morpholine rings is 1. The van der Waals surface area contributed by atoms with E-state index in [1.54, 1.807) is 52.1 Å². The van der Waals surface area contributed by atoms with Crippen LogP contribution in [0.15, 0.2) is 54.7 Å². The van der Waals surface area contributed by atoms with E-state index in [0.29, 0.717) is 42.4 Å². The van der Waals surface area contributed by atoms with Gasteiger partial charge in [-0.15, -0.1) is 0 Å². The van der Waals surface area contributed by atoms with Crippen molar-refractivity contribution >= 4 is 45.8 Å². The SMILES string of the molecule is O=C(Nc1cccc(Cl)c1)C(=O)c1cn(CC(=O)N2CCOCC2)c2ccccc12. The molecule has 0 atom stereocenters. The van der Waals surface area contributed by atoms with Crippen LogP contribution in [-0.4, -0.2) is 53.4 Å². The lowest BCUT2D eigenvalue weighted by atomic mass is 10.1. The summed E-state index contributed by atoms with van der Waals surface area (Å²) in [6.45, 7) is 2.22. The third-order valence-corrected chi connectivity index (χ3v) is 5.23. The maximum atomic E-state index is 12.9. The number of para-hydroxylation sites is 1. The predicted molar refractivity (Wildman–Crippen MR) is 114 cm³/mol. The molecule has 8 heteroatoms. The topological polar surface area (TPSA) is 80.6 Å². The third kappa shape index (κ3) is 4.22. The molecule has 1 aliphatic heterocycles. The van der Waals surface area contributed by atoms with Crippen molar-refractivity contribution in [1.29, 1.82) is 0 Å². The van der Waals surface area contributed by atoms with Gasteiger partial charge in [0.2, 0.25) is 5.91 Å². The summed E-state index contributed by atoms with van der Waals surface area (Å²) in [7, 11) is 0. The second-order valence-electron chi connectivity index (χ2n) is 6.97. The van der Waals surface area contributed by atoms with Crippen molar-refractivity contribution in [2.24, 2.45) is 0 Å². The van der Waals surface area contributed by atoms with Crippen LogP contribution in [0.2, 0.25) is 5.02 Å². The number of carbonyl (C=O) groups excluding carboxylic acids is 3. The van der Waals surface area contributed by atoms with Crippen LogP contribution in [0.5, 0.6) is 0 Å². The second kappa shape index (κ2) is 8.69. The number of nitrogens with zero attached hydrogens (tertiary/aromatic N) is 2. The van der Waals surface area contributed by atoms with Crippen LogP contribution in [-0.2, 0) is 20.9 Å². The number of anilines is 1. The number of aromatic nitrogens is 1. The summed E-state index contributed by atoms with van der Waals surface area (Å²) in [5.41, 5.74) is 1.41. The van der Waals surface area contributed by atoms with Crippen molar-refractivity contribution in [1.82, 2.24) is 9.47 Å². The number of Topliss-reactive ketones (excluding diaryl/α,β-unsaturated/α-hetero) is 1.